The van der Waals surface area contributed by atoms with E-state index < -0.39 is 22.0 Å². The summed E-state index contributed by atoms with van der Waals surface area (Å²) in [5.41, 5.74) is 5.80. The van der Waals surface area contributed by atoms with Gasteiger partial charge in [0.05, 0.1) is 4.90 Å². The normalized spacial score (nSPS) is 19.6. The van der Waals surface area contributed by atoms with Crippen LogP contribution in [0.3, 0.4) is 0 Å². The van der Waals surface area contributed by atoms with E-state index in [0.717, 1.165) is 0 Å². The first-order chi connectivity index (χ1) is 9.31. The van der Waals surface area contributed by atoms with Gasteiger partial charge in [-0.05, 0) is 24.5 Å². The zero-order valence-corrected chi connectivity index (χ0v) is 12.1. The van der Waals surface area contributed by atoms with Crippen molar-refractivity contribution >= 4 is 21.8 Å². The molecular weight excluding hydrogens is 278 g/mol. The van der Waals surface area contributed by atoms with E-state index >= 15 is 0 Å². The standard InChI is InChI=1S/C13H17N3O3S/c1-8(2)7-10(12(14)17)15-13-9-5-3-4-6-11(9)20(18,19)16-13/h3-6,8,10H,7H2,1-2H3,(H2,14,17)(H,15,16)/t10-/m1/s1. The Labute approximate surface area is 118 Å². The van der Waals surface area contributed by atoms with Crippen molar-refractivity contribution in [3.05, 3.63) is 29.8 Å². The first kappa shape index (κ1) is 14.5. The fraction of sp³-hybridized carbons (Fsp3) is 0.385. The molecule has 0 saturated carbocycles. The quantitative estimate of drug-likeness (QED) is 0.851. The van der Waals surface area contributed by atoms with Gasteiger partial charge in [0.2, 0.25) is 5.91 Å². The molecular formula is C13H17N3O3S. The van der Waals surface area contributed by atoms with Crippen molar-refractivity contribution in [1.29, 1.82) is 0 Å². The van der Waals surface area contributed by atoms with Crippen molar-refractivity contribution in [2.45, 2.75) is 31.2 Å². The third-order valence-electron chi connectivity index (χ3n) is 2.97. The van der Waals surface area contributed by atoms with Gasteiger partial charge >= 0.3 is 0 Å². The summed E-state index contributed by atoms with van der Waals surface area (Å²) in [5, 5.41) is 0. The number of carbonyl (C=O) groups excluding carboxylic acids is 1. The van der Waals surface area contributed by atoms with Crippen LogP contribution in [-0.4, -0.2) is 26.2 Å². The Balaban J connectivity index is 2.43. The molecule has 3 N–H and O–H groups in total. The summed E-state index contributed by atoms with van der Waals surface area (Å²) in [7, 11) is -3.59. The molecule has 1 atom stereocenters. The molecule has 6 nitrogen and oxygen atoms in total. The molecule has 108 valence electrons. The van der Waals surface area contributed by atoms with E-state index in [1.54, 1.807) is 18.2 Å². The molecule has 0 fully saturated rings. The molecule has 1 aliphatic rings. The van der Waals surface area contributed by atoms with E-state index in [1.807, 2.05) is 13.8 Å². The summed E-state index contributed by atoms with van der Waals surface area (Å²) in [5.74, 6) is -0.148. The Morgan fingerprint density at radius 1 is 1.35 bits per heavy atom. The van der Waals surface area contributed by atoms with Gasteiger partial charge in [0.1, 0.15) is 11.9 Å². The average molecular weight is 295 g/mol. The van der Waals surface area contributed by atoms with Gasteiger partial charge in [0, 0.05) is 5.56 Å². The molecule has 0 saturated heterocycles. The lowest BCUT2D eigenvalue weighted by atomic mass is 10.0. The Morgan fingerprint density at radius 3 is 2.60 bits per heavy atom. The van der Waals surface area contributed by atoms with E-state index in [2.05, 4.69) is 9.71 Å². The van der Waals surface area contributed by atoms with Crippen molar-refractivity contribution < 1.29 is 13.2 Å². The number of amides is 1. The molecule has 0 bridgehead atoms. The summed E-state index contributed by atoms with van der Waals surface area (Å²) in [6, 6.07) is 5.78. The second kappa shape index (κ2) is 5.24. The van der Waals surface area contributed by atoms with Crippen molar-refractivity contribution in [3.63, 3.8) is 0 Å². The largest absolute Gasteiger partial charge is 0.368 e. The van der Waals surface area contributed by atoms with Gasteiger partial charge in [-0.1, -0.05) is 26.0 Å². The molecule has 1 aromatic carbocycles. The van der Waals surface area contributed by atoms with E-state index in [9.17, 15) is 13.2 Å². The lowest BCUT2D eigenvalue weighted by Crippen LogP contribution is -2.32. The number of rotatable bonds is 4. The van der Waals surface area contributed by atoms with Crippen LogP contribution in [0, 0.1) is 5.92 Å². The van der Waals surface area contributed by atoms with Crippen LogP contribution in [0.25, 0.3) is 0 Å². The number of fused-ring (bicyclic) bond motifs is 1. The maximum atomic E-state index is 11.9. The molecule has 1 aliphatic heterocycles. The lowest BCUT2D eigenvalue weighted by molar-refractivity contribution is -0.119. The van der Waals surface area contributed by atoms with Gasteiger partial charge < -0.3 is 5.73 Å². The minimum absolute atomic E-state index is 0.173. The minimum atomic E-state index is -3.59. The SMILES string of the molecule is CC(C)C[C@@H](N=C1NS(=O)(=O)c2ccccc21)C(N)=O. The van der Waals surface area contributed by atoms with Crippen molar-refractivity contribution in [2.75, 3.05) is 0 Å². The summed E-state index contributed by atoms with van der Waals surface area (Å²) >= 11 is 0. The van der Waals surface area contributed by atoms with Crippen molar-refractivity contribution in [2.24, 2.45) is 16.6 Å². The van der Waals surface area contributed by atoms with Crippen molar-refractivity contribution in [1.82, 2.24) is 4.72 Å². The van der Waals surface area contributed by atoms with Gasteiger partial charge in [-0.2, -0.15) is 0 Å². The first-order valence-electron chi connectivity index (χ1n) is 6.30. The van der Waals surface area contributed by atoms with E-state index in [0.29, 0.717) is 12.0 Å². The molecule has 20 heavy (non-hydrogen) atoms. The van der Waals surface area contributed by atoms with Gasteiger partial charge in [0.25, 0.3) is 10.0 Å². The Hall–Kier alpha value is -1.89. The fourth-order valence-corrected chi connectivity index (χ4v) is 3.30. The highest BCUT2D eigenvalue weighted by molar-refractivity contribution is 7.90. The monoisotopic (exact) mass is 295 g/mol. The average Bonchev–Trinajstić information content (AvgIpc) is 2.60. The number of nitrogens with one attached hydrogen (secondary N) is 1. The maximum Gasteiger partial charge on any atom is 0.263 e. The number of amidine groups is 1. The van der Waals surface area contributed by atoms with Gasteiger partial charge in [-0.25, -0.2) is 8.42 Å². The fourth-order valence-electron chi connectivity index (χ4n) is 2.06. The zero-order valence-electron chi connectivity index (χ0n) is 11.3. The predicted octanol–water partition coefficient (Wildman–Crippen LogP) is 0.625. The third-order valence-corrected chi connectivity index (χ3v) is 4.37. The second-order valence-corrected chi connectivity index (χ2v) is 6.78. The number of nitrogens with two attached hydrogens (primary N) is 1. The topological polar surface area (TPSA) is 102 Å². The van der Waals surface area contributed by atoms with Crippen LogP contribution in [0.5, 0.6) is 0 Å². The van der Waals surface area contributed by atoms with E-state index in [1.165, 1.54) is 6.07 Å². The number of nitrogens with zero attached hydrogens (tertiary/aromatic N) is 1. The number of sulfonamides is 1. The van der Waals surface area contributed by atoms with Crippen LogP contribution < -0.4 is 10.5 Å². The predicted molar refractivity (Wildman–Crippen MR) is 75.7 cm³/mol. The number of primary amides is 1. The van der Waals surface area contributed by atoms with Crippen LogP contribution in [0.15, 0.2) is 34.2 Å². The smallest absolute Gasteiger partial charge is 0.263 e. The van der Waals surface area contributed by atoms with Gasteiger partial charge in [-0.15, -0.1) is 0 Å². The third kappa shape index (κ3) is 2.82. The van der Waals surface area contributed by atoms with Crippen LogP contribution >= 0.6 is 0 Å². The minimum Gasteiger partial charge on any atom is -0.368 e. The lowest BCUT2D eigenvalue weighted by Gasteiger charge is -2.12. The summed E-state index contributed by atoms with van der Waals surface area (Å²) in [6.07, 6.45) is 0.475. The van der Waals surface area contributed by atoms with Gasteiger partial charge in [0.15, 0.2) is 0 Å². The molecule has 2 rings (SSSR count). The van der Waals surface area contributed by atoms with Crippen LogP contribution in [0.2, 0.25) is 0 Å². The molecule has 0 unspecified atom stereocenters. The number of aliphatic imine (C=N–C) groups is 1. The highest BCUT2D eigenvalue weighted by Crippen LogP contribution is 2.23. The molecule has 1 heterocycles. The maximum absolute atomic E-state index is 11.9. The van der Waals surface area contributed by atoms with E-state index in [4.69, 9.17) is 5.73 Å². The Bertz CT molecular complexity index is 665. The number of hydrogen-bond acceptors (Lipinski definition) is 4. The molecule has 0 spiro atoms. The summed E-state index contributed by atoms with van der Waals surface area (Å²) < 4.78 is 26.2. The van der Waals surface area contributed by atoms with Crippen LogP contribution in [-0.2, 0) is 14.8 Å². The highest BCUT2D eigenvalue weighted by Gasteiger charge is 2.31. The molecule has 0 aromatic heterocycles. The summed E-state index contributed by atoms with van der Waals surface area (Å²) in [6.45, 7) is 3.89. The van der Waals surface area contributed by atoms with Crippen LogP contribution in [0.4, 0.5) is 0 Å². The second-order valence-electron chi connectivity index (χ2n) is 5.13. The van der Waals surface area contributed by atoms with E-state index in [-0.39, 0.29) is 16.6 Å². The summed E-state index contributed by atoms with van der Waals surface area (Å²) in [4.78, 5) is 15.8. The van der Waals surface area contributed by atoms with Crippen molar-refractivity contribution in [3.8, 4) is 0 Å². The first-order valence-corrected chi connectivity index (χ1v) is 7.79. The molecule has 0 radical (unpaired) electrons. The molecule has 1 amide bonds. The number of benzene rings is 1. The number of carbonyl (C=O) groups is 1. The molecule has 0 aliphatic carbocycles. The molecule has 1 aromatic rings. The zero-order chi connectivity index (χ0) is 14.9. The van der Waals surface area contributed by atoms with Crippen LogP contribution in [0.1, 0.15) is 25.8 Å². The number of hydrogen-bond donors (Lipinski definition) is 2. The Kier molecular flexibility index (Phi) is 3.80. The highest BCUT2D eigenvalue weighted by atomic mass is 32.2. The van der Waals surface area contributed by atoms with Gasteiger partial charge in [-0.3, -0.25) is 14.5 Å². The Morgan fingerprint density at radius 2 is 2.00 bits per heavy atom. The molecule has 7 heteroatoms.